The topological polar surface area (TPSA) is 63.2 Å². The highest BCUT2D eigenvalue weighted by Crippen LogP contribution is 2.34. The van der Waals surface area contributed by atoms with Gasteiger partial charge in [-0.05, 0) is 35.9 Å². The highest BCUT2D eigenvalue weighted by Gasteiger charge is 2.26. The van der Waals surface area contributed by atoms with Crippen LogP contribution in [0.5, 0.6) is 0 Å². The summed E-state index contributed by atoms with van der Waals surface area (Å²) in [6.07, 6.45) is 0. The van der Waals surface area contributed by atoms with Crippen LogP contribution in [0.25, 0.3) is 5.57 Å². The lowest BCUT2D eigenvalue weighted by Gasteiger charge is -2.02. The van der Waals surface area contributed by atoms with Crippen molar-refractivity contribution in [1.29, 1.82) is 0 Å². The van der Waals surface area contributed by atoms with Gasteiger partial charge >= 0.3 is 0 Å². The molecule has 118 valence electrons. The van der Waals surface area contributed by atoms with Gasteiger partial charge in [0, 0.05) is 26.2 Å². The van der Waals surface area contributed by atoms with E-state index in [9.17, 15) is 13.2 Å². The summed E-state index contributed by atoms with van der Waals surface area (Å²) in [6.45, 7) is 0. The fourth-order valence-electron chi connectivity index (χ4n) is 2.31. The first-order valence-corrected chi connectivity index (χ1v) is 9.53. The molecule has 1 aliphatic heterocycles. The summed E-state index contributed by atoms with van der Waals surface area (Å²) in [5, 5.41) is 4.24. The van der Waals surface area contributed by atoms with Gasteiger partial charge in [0.05, 0.1) is 11.3 Å². The molecule has 0 bridgehead atoms. The molecule has 23 heavy (non-hydrogen) atoms. The van der Waals surface area contributed by atoms with E-state index >= 15 is 0 Å². The van der Waals surface area contributed by atoms with Crippen LogP contribution in [0.1, 0.15) is 11.1 Å². The van der Waals surface area contributed by atoms with Crippen LogP contribution in [-0.4, -0.2) is 14.3 Å². The van der Waals surface area contributed by atoms with Gasteiger partial charge in [-0.3, -0.25) is 4.79 Å². The van der Waals surface area contributed by atoms with Crippen molar-refractivity contribution < 1.29 is 13.2 Å². The van der Waals surface area contributed by atoms with Gasteiger partial charge in [-0.25, -0.2) is 8.42 Å². The summed E-state index contributed by atoms with van der Waals surface area (Å²) in [7, 11) is -3.60. The first kappa shape index (κ1) is 16.2. The van der Waals surface area contributed by atoms with Crippen molar-refractivity contribution in [3.63, 3.8) is 0 Å². The number of rotatable bonds is 3. The third-order valence-corrected chi connectivity index (χ3v) is 5.42. The molecule has 7 heteroatoms. The van der Waals surface area contributed by atoms with Crippen LogP contribution in [0, 0.1) is 0 Å². The Labute approximate surface area is 147 Å². The predicted octanol–water partition coefficient (Wildman–Crippen LogP) is 4.01. The molecule has 3 rings (SSSR count). The number of sulfone groups is 1. The van der Waals surface area contributed by atoms with Crippen molar-refractivity contribution >= 4 is 54.5 Å². The summed E-state index contributed by atoms with van der Waals surface area (Å²) >= 11 is 9.12. The van der Waals surface area contributed by atoms with E-state index in [1.54, 1.807) is 42.5 Å². The second kappa shape index (κ2) is 6.11. The van der Waals surface area contributed by atoms with E-state index in [2.05, 4.69) is 21.2 Å². The summed E-state index contributed by atoms with van der Waals surface area (Å²) in [4.78, 5) is 12.0. The fourth-order valence-corrected chi connectivity index (χ4v) is 4.13. The average molecular weight is 413 g/mol. The molecule has 0 fully saturated rings. The van der Waals surface area contributed by atoms with E-state index < -0.39 is 15.7 Å². The van der Waals surface area contributed by atoms with E-state index in [0.717, 1.165) is 9.88 Å². The zero-order valence-corrected chi connectivity index (χ0v) is 14.9. The summed E-state index contributed by atoms with van der Waals surface area (Å²) in [5.74, 6) is -0.609. The normalized spacial score (nSPS) is 15.6. The molecule has 0 saturated heterocycles. The fraction of sp³-hybridized carbons (Fsp3) is 0.0625. The molecule has 0 atom stereocenters. The van der Waals surface area contributed by atoms with Gasteiger partial charge in [0.25, 0.3) is 5.91 Å². The number of hydrogen-bond donors (Lipinski definition) is 1. The van der Waals surface area contributed by atoms with Crippen LogP contribution in [0.15, 0.2) is 52.3 Å². The van der Waals surface area contributed by atoms with E-state index in [1.165, 1.54) is 0 Å². The van der Waals surface area contributed by atoms with Crippen LogP contribution >= 0.6 is 27.5 Å². The van der Waals surface area contributed by atoms with Gasteiger partial charge in [-0.15, -0.1) is 0 Å². The monoisotopic (exact) mass is 411 g/mol. The van der Waals surface area contributed by atoms with Crippen molar-refractivity contribution in [2.45, 2.75) is 5.75 Å². The minimum absolute atomic E-state index is 0.148. The Hall–Kier alpha value is -1.63. The Morgan fingerprint density at radius 3 is 2.52 bits per heavy atom. The first-order chi connectivity index (χ1) is 10.8. The van der Waals surface area contributed by atoms with E-state index in [4.69, 9.17) is 11.6 Å². The second-order valence-corrected chi connectivity index (χ2v) is 8.31. The number of anilines is 1. The van der Waals surface area contributed by atoms with E-state index in [1.807, 2.05) is 0 Å². The number of benzene rings is 2. The number of fused-ring (bicyclic) bond motifs is 1. The Morgan fingerprint density at radius 1 is 1.13 bits per heavy atom. The number of amides is 1. The molecule has 0 saturated carbocycles. The zero-order valence-electron chi connectivity index (χ0n) is 11.7. The Balaban J connectivity index is 1.96. The molecular weight excluding hydrogens is 402 g/mol. The number of halogens is 2. The van der Waals surface area contributed by atoms with E-state index in [-0.39, 0.29) is 11.3 Å². The molecule has 0 aliphatic carbocycles. The standard InChI is InChI=1S/C16H11BrClNO3S/c17-11-3-6-15-13(7-11)14(16(20)19-15)9-23(21,22)8-10-1-4-12(18)5-2-10/h1-7,9H,8H2,(H,19,20). The molecule has 0 unspecified atom stereocenters. The molecule has 0 aromatic heterocycles. The molecule has 2 aromatic carbocycles. The zero-order chi connectivity index (χ0) is 16.6. The average Bonchev–Trinajstić information content (AvgIpc) is 2.77. The van der Waals surface area contributed by atoms with Crippen molar-refractivity contribution in [3.8, 4) is 0 Å². The minimum Gasteiger partial charge on any atom is -0.321 e. The smallest absolute Gasteiger partial charge is 0.257 e. The van der Waals surface area contributed by atoms with Crippen molar-refractivity contribution in [1.82, 2.24) is 0 Å². The number of hydrogen-bond acceptors (Lipinski definition) is 3. The lowest BCUT2D eigenvalue weighted by molar-refractivity contribution is -0.110. The van der Waals surface area contributed by atoms with Crippen LogP contribution in [0.3, 0.4) is 0 Å². The third kappa shape index (κ3) is 3.65. The molecule has 0 spiro atoms. The lowest BCUT2D eigenvalue weighted by Crippen LogP contribution is -2.07. The highest BCUT2D eigenvalue weighted by atomic mass is 79.9. The molecule has 1 heterocycles. The largest absolute Gasteiger partial charge is 0.321 e. The lowest BCUT2D eigenvalue weighted by atomic mass is 10.1. The molecule has 2 aromatic rings. The number of carbonyl (C=O) groups is 1. The van der Waals surface area contributed by atoms with Gasteiger partial charge < -0.3 is 5.32 Å². The molecule has 1 amide bonds. The highest BCUT2D eigenvalue weighted by molar-refractivity contribution is 9.10. The molecule has 1 N–H and O–H groups in total. The summed E-state index contributed by atoms with van der Waals surface area (Å²) in [5.41, 5.74) is 1.93. The van der Waals surface area contributed by atoms with Crippen LogP contribution in [0.4, 0.5) is 5.69 Å². The predicted molar refractivity (Wildman–Crippen MR) is 94.8 cm³/mol. The molecular formula is C16H11BrClNO3S. The van der Waals surface area contributed by atoms with Gasteiger partial charge in [-0.1, -0.05) is 39.7 Å². The van der Waals surface area contributed by atoms with Crippen molar-refractivity contribution in [2.24, 2.45) is 0 Å². The summed E-state index contributed by atoms with van der Waals surface area (Å²) in [6, 6.07) is 11.8. The van der Waals surface area contributed by atoms with Gasteiger partial charge in [0.15, 0.2) is 9.84 Å². The molecule has 4 nitrogen and oxygen atoms in total. The van der Waals surface area contributed by atoms with Gasteiger partial charge in [0.1, 0.15) is 0 Å². The Kier molecular flexibility index (Phi) is 4.31. The molecule has 0 radical (unpaired) electrons. The first-order valence-electron chi connectivity index (χ1n) is 6.64. The summed E-state index contributed by atoms with van der Waals surface area (Å²) < 4.78 is 25.5. The van der Waals surface area contributed by atoms with Gasteiger partial charge in [0.2, 0.25) is 0 Å². The minimum atomic E-state index is -3.60. The second-order valence-electron chi connectivity index (χ2n) is 5.11. The maximum absolute atomic E-state index is 12.4. The van der Waals surface area contributed by atoms with Crippen LogP contribution < -0.4 is 5.32 Å². The Bertz CT molecular complexity index is 921. The van der Waals surface area contributed by atoms with Gasteiger partial charge in [-0.2, -0.15) is 0 Å². The number of carbonyl (C=O) groups excluding carboxylic acids is 1. The molecule has 1 aliphatic rings. The quantitative estimate of drug-likeness (QED) is 0.775. The SMILES string of the molecule is O=C1Nc2ccc(Br)cc2C1=CS(=O)(=O)Cc1ccc(Cl)cc1. The maximum atomic E-state index is 12.4. The van der Waals surface area contributed by atoms with Crippen LogP contribution in [-0.2, 0) is 20.4 Å². The van der Waals surface area contributed by atoms with Crippen molar-refractivity contribution in [2.75, 3.05) is 5.32 Å². The third-order valence-electron chi connectivity index (χ3n) is 3.34. The maximum Gasteiger partial charge on any atom is 0.257 e. The van der Waals surface area contributed by atoms with Crippen molar-refractivity contribution in [3.05, 3.63) is 68.5 Å². The van der Waals surface area contributed by atoms with Crippen LogP contribution in [0.2, 0.25) is 5.02 Å². The number of nitrogens with one attached hydrogen (secondary N) is 1. The Morgan fingerprint density at radius 2 is 1.83 bits per heavy atom. The van der Waals surface area contributed by atoms with E-state index in [0.29, 0.717) is 21.8 Å².